The van der Waals surface area contributed by atoms with E-state index in [1.165, 1.54) is 6.92 Å². The van der Waals surface area contributed by atoms with E-state index in [4.69, 9.17) is 23.7 Å². The van der Waals surface area contributed by atoms with Crippen molar-refractivity contribution in [2.45, 2.75) is 192 Å². The zero-order valence-electron chi connectivity index (χ0n) is 36.9. The molecule has 0 amide bonds. The summed E-state index contributed by atoms with van der Waals surface area (Å²) in [6, 6.07) is 0. The van der Waals surface area contributed by atoms with Gasteiger partial charge in [-0.05, 0) is 99.2 Å². The van der Waals surface area contributed by atoms with Crippen LogP contribution in [0.25, 0.3) is 0 Å². The van der Waals surface area contributed by atoms with Gasteiger partial charge in [0.15, 0.2) is 12.6 Å². The summed E-state index contributed by atoms with van der Waals surface area (Å²) >= 11 is 0. The van der Waals surface area contributed by atoms with Crippen LogP contribution in [0.4, 0.5) is 0 Å². The summed E-state index contributed by atoms with van der Waals surface area (Å²) < 4.78 is 67.8. The third kappa shape index (κ3) is 7.85. The second-order valence-corrected chi connectivity index (χ2v) is 21.2. The summed E-state index contributed by atoms with van der Waals surface area (Å²) in [4.78, 5) is 14.3. The average Bonchev–Trinajstić information content (AvgIpc) is 3.48. The van der Waals surface area contributed by atoms with Crippen molar-refractivity contribution >= 4 is 16.4 Å². The molecule has 0 aromatic carbocycles. The second-order valence-electron chi connectivity index (χ2n) is 20.2. The van der Waals surface area contributed by atoms with E-state index in [0.29, 0.717) is 44.4 Å². The molecule has 4 unspecified atom stereocenters. The summed E-state index contributed by atoms with van der Waals surface area (Å²) in [7, 11) is -5.03. The molecule has 7 rings (SSSR count). The van der Waals surface area contributed by atoms with Crippen LogP contribution in [0, 0.1) is 39.4 Å². The zero-order valence-corrected chi connectivity index (χ0v) is 41.8. The minimum absolute atomic E-state index is 0. The van der Waals surface area contributed by atoms with Crippen molar-refractivity contribution in [2.24, 2.45) is 39.4 Å². The largest absolute Gasteiger partial charge is 1.00 e. The molecule has 1 spiro atoms. The van der Waals surface area contributed by atoms with Crippen molar-refractivity contribution in [3.8, 4) is 0 Å². The van der Waals surface area contributed by atoms with E-state index < -0.39 is 123 Å². The molecule has 0 radical (unpaired) electrons. The zero-order chi connectivity index (χ0) is 42.8. The first-order valence-electron chi connectivity index (χ1n) is 21.1. The second kappa shape index (κ2) is 17.7. The molecule has 19 heteroatoms. The SMILES string of the molecule is CC(C)CCC[C@]1(C)OC(=O)C23C(O)C=C4C(CCC5C(C)(C)[C@@H](O[C@@H]6OC[C@@H](OS(=O)(=O)O)[C@H](O)[C@H]6O[C@@H]6O[C@H](C)[C@@H](O)[C@H](O)[C@H]6O)CC[C@]45C)[C@]2(C)CC[C@@]31O.[Na+].[Na+]. The molecule has 3 saturated heterocycles. The first-order valence-corrected chi connectivity index (χ1v) is 22.5. The van der Waals surface area contributed by atoms with Crippen LogP contribution >= 0.6 is 0 Å². The molecule has 3 heterocycles. The third-order valence-corrected chi connectivity index (χ3v) is 16.8. The van der Waals surface area contributed by atoms with E-state index >= 15 is 0 Å². The summed E-state index contributed by atoms with van der Waals surface area (Å²) in [5.74, 6) is -0.164. The Kier molecular flexibility index (Phi) is 15.3. The molecule has 60 heavy (non-hydrogen) atoms. The molecule has 3 aliphatic heterocycles. The number of carbonyl (C=O) groups is 1. The Morgan fingerprint density at radius 1 is 0.883 bits per heavy atom. The maximum Gasteiger partial charge on any atom is 1.00 e. The van der Waals surface area contributed by atoms with E-state index in [-0.39, 0.29) is 71.0 Å². The number of esters is 1. The molecule has 7 N–H and O–H groups in total. The van der Waals surface area contributed by atoms with E-state index in [1.807, 2.05) is 13.0 Å². The predicted octanol–water partition coefficient (Wildman–Crippen LogP) is -3.69. The predicted molar refractivity (Wildman–Crippen MR) is 204 cm³/mol. The van der Waals surface area contributed by atoms with Gasteiger partial charge >= 0.3 is 75.5 Å². The average molecular weight is 893 g/mol. The maximum absolute atomic E-state index is 14.3. The van der Waals surface area contributed by atoms with Crippen LogP contribution < -0.4 is 59.1 Å². The van der Waals surface area contributed by atoms with Crippen LogP contribution in [0.2, 0.25) is 0 Å². The molecule has 3 saturated carbocycles. The smallest absolute Gasteiger partial charge is 0.456 e. The van der Waals surface area contributed by atoms with Gasteiger partial charge in [-0.15, -0.1) is 0 Å². The van der Waals surface area contributed by atoms with Gasteiger partial charge in [0.25, 0.3) is 0 Å². The Morgan fingerprint density at radius 2 is 1.55 bits per heavy atom. The van der Waals surface area contributed by atoms with Crippen molar-refractivity contribution in [3.05, 3.63) is 11.6 Å². The van der Waals surface area contributed by atoms with Gasteiger partial charge in [0.1, 0.15) is 53.2 Å². The fraction of sp³-hybridized carbons (Fsp3) is 0.927. The Balaban J connectivity index is 0.00000341. The first-order chi connectivity index (χ1) is 26.8. The molecular weight excluding hydrogens is 826 g/mol. The van der Waals surface area contributed by atoms with Crippen LogP contribution in [0.3, 0.4) is 0 Å². The number of fused-ring (bicyclic) bond motifs is 4. The fourth-order valence-electron chi connectivity index (χ4n) is 13.2. The quantitative estimate of drug-likeness (QED) is 0.0367. The molecule has 0 aromatic rings. The molecular formula is C41H66Na2O16S+2. The minimum Gasteiger partial charge on any atom is -0.456 e. The van der Waals surface area contributed by atoms with E-state index in [1.54, 1.807) is 0 Å². The van der Waals surface area contributed by atoms with Crippen molar-refractivity contribution in [1.29, 1.82) is 0 Å². The summed E-state index contributed by atoms with van der Waals surface area (Å²) in [6.45, 7) is 15.5. The molecule has 4 aliphatic carbocycles. The number of aliphatic hydroxyl groups excluding tert-OH is 5. The van der Waals surface area contributed by atoms with Crippen LogP contribution in [-0.4, -0.2) is 135 Å². The normalized spacial score (nSPS) is 49.6. The summed E-state index contributed by atoms with van der Waals surface area (Å²) in [5.41, 5.74) is -4.89. The van der Waals surface area contributed by atoms with E-state index in [0.717, 1.165) is 24.8 Å². The van der Waals surface area contributed by atoms with Crippen molar-refractivity contribution < 1.29 is 135 Å². The van der Waals surface area contributed by atoms with Gasteiger partial charge in [0, 0.05) is 0 Å². The Bertz CT molecular complexity index is 1730. The molecule has 332 valence electrons. The van der Waals surface area contributed by atoms with Gasteiger partial charge in [-0.2, -0.15) is 8.42 Å². The van der Waals surface area contributed by atoms with E-state index in [2.05, 4.69) is 45.7 Å². The number of hydrogen-bond donors (Lipinski definition) is 7. The van der Waals surface area contributed by atoms with Crippen LogP contribution in [0.5, 0.6) is 0 Å². The Hall–Kier alpha value is 0.680. The first kappa shape index (κ1) is 51.7. The van der Waals surface area contributed by atoms with Crippen LogP contribution in [0.1, 0.15) is 113 Å². The third-order valence-electron chi connectivity index (χ3n) is 16.3. The number of ether oxygens (including phenoxy) is 5. The molecule has 0 bridgehead atoms. The molecule has 16 nitrogen and oxygen atoms in total. The van der Waals surface area contributed by atoms with Gasteiger partial charge in [-0.3, -0.25) is 9.35 Å². The summed E-state index contributed by atoms with van der Waals surface area (Å²) in [6.07, 6.45) is -8.00. The number of hydrogen-bond acceptors (Lipinski definition) is 15. The van der Waals surface area contributed by atoms with Crippen molar-refractivity contribution in [2.75, 3.05) is 6.61 Å². The molecule has 18 atom stereocenters. The van der Waals surface area contributed by atoms with Crippen LogP contribution in [0.15, 0.2) is 11.6 Å². The molecule has 6 fully saturated rings. The van der Waals surface area contributed by atoms with E-state index in [9.17, 15) is 48.4 Å². The topological polar surface area (TPSA) is 248 Å². The number of allylic oxidation sites excluding steroid dienone is 1. The standard InChI is InChI=1S/C41H66O16S.2Na/c1-20(2)10-9-14-39(8)40(48)17-16-38(7)22-11-12-25-36(4,5)27(13-15-37(25,6)23(22)18-26(42)41(38,40)35(47)56-39)54-34-32(29(44)24(19-52-34)57-58(49,50)51)55-33-31(46)30(45)28(43)21(3)53-33;;/h18,20-22,24-34,42-46,48H,9-17,19H2,1-8H3,(H,49,50,51);;/q;2*+1/t21-,22?,24-,25?,26?,27+,28-,29+,30+,31-,32-,33+,34+,37-,38+,39+,40+,41?;;/m1../s1. The molecule has 0 aromatic heterocycles. The van der Waals surface area contributed by atoms with Gasteiger partial charge in [0.05, 0.1) is 24.9 Å². The number of carbonyl (C=O) groups excluding carboxylic acids is 1. The van der Waals surface area contributed by atoms with Crippen molar-refractivity contribution in [1.82, 2.24) is 0 Å². The van der Waals surface area contributed by atoms with Crippen molar-refractivity contribution in [3.63, 3.8) is 0 Å². The fourth-order valence-corrected chi connectivity index (χ4v) is 13.7. The minimum atomic E-state index is -5.03. The van der Waals surface area contributed by atoms with Gasteiger partial charge < -0.3 is 54.3 Å². The van der Waals surface area contributed by atoms with Gasteiger partial charge in [-0.25, -0.2) is 4.18 Å². The number of aliphatic hydroxyl groups is 6. The van der Waals surface area contributed by atoms with Gasteiger partial charge in [-0.1, -0.05) is 59.6 Å². The maximum atomic E-state index is 14.3. The van der Waals surface area contributed by atoms with Gasteiger partial charge in [0.2, 0.25) is 0 Å². The monoisotopic (exact) mass is 892 g/mol. The molecule has 7 aliphatic rings. The Morgan fingerprint density at radius 3 is 2.18 bits per heavy atom. The number of cyclic esters (lactones) is 1. The summed E-state index contributed by atoms with van der Waals surface area (Å²) in [5, 5.41) is 67.9. The van der Waals surface area contributed by atoms with Crippen LogP contribution in [-0.2, 0) is 43.1 Å². The number of rotatable bonds is 10. The Labute approximate surface area is 398 Å².